The van der Waals surface area contributed by atoms with Crippen molar-refractivity contribution in [3.63, 3.8) is 0 Å². The highest BCUT2D eigenvalue weighted by Crippen LogP contribution is 2.29. The van der Waals surface area contributed by atoms with Gasteiger partial charge in [-0.3, -0.25) is 9.59 Å². The second-order valence-electron chi connectivity index (χ2n) is 5.46. The zero-order valence-electron chi connectivity index (χ0n) is 11.0. The zero-order valence-corrected chi connectivity index (χ0v) is 11.8. The Balaban J connectivity index is 2.51. The Morgan fingerprint density at radius 2 is 2.00 bits per heavy atom. The number of nitrogens with zero attached hydrogens (tertiary/aromatic N) is 1. The Morgan fingerprint density at radius 3 is 2.61 bits per heavy atom. The van der Waals surface area contributed by atoms with Gasteiger partial charge in [-0.15, -0.1) is 0 Å². The highest BCUT2D eigenvalue weighted by atomic mass is 32.1. The number of carbonyl (C=O) groups is 2. The number of carbonyl (C=O) groups excluding carboxylic acids is 2. The first-order valence-electron chi connectivity index (χ1n) is 6.17. The second kappa shape index (κ2) is 6.13. The topological polar surface area (TPSA) is 75.4 Å². The molecular formula is C12H21N3O2S. The quantitative estimate of drug-likeness (QED) is 0.564. The molecule has 0 aromatic rings. The minimum Gasteiger partial charge on any atom is -0.392 e. The van der Waals surface area contributed by atoms with Crippen LogP contribution in [-0.2, 0) is 9.59 Å². The number of amides is 2. The maximum absolute atomic E-state index is 11.9. The maximum atomic E-state index is 11.9. The van der Waals surface area contributed by atoms with Crippen LogP contribution in [0.5, 0.6) is 0 Å². The number of nitrogens with two attached hydrogens (primary N) is 1. The van der Waals surface area contributed by atoms with E-state index in [4.69, 9.17) is 5.73 Å². The van der Waals surface area contributed by atoms with E-state index >= 15 is 0 Å². The summed E-state index contributed by atoms with van der Waals surface area (Å²) in [4.78, 5) is 25.3. The van der Waals surface area contributed by atoms with Gasteiger partial charge in [0.15, 0.2) is 0 Å². The summed E-state index contributed by atoms with van der Waals surface area (Å²) in [6.45, 7) is 5.72. The average molecular weight is 271 g/mol. The molecule has 1 saturated heterocycles. The normalized spacial score (nSPS) is 18.9. The highest BCUT2D eigenvalue weighted by Gasteiger charge is 2.28. The molecule has 0 bridgehead atoms. The number of rotatable bonds is 2. The molecule has 3 N–H and O–H groups in total. The number of hydrogen-bond acceptors (Lipinski definition) is 3. The molecule has 1 aliphatic heterocycles. The molecule has 0 spiro atoms. The predicted molar refractivity (Wildman–Crippen MR) is 74.0 cm³/mol. The van der Waals surface area contributed by atoms with Gasteiger partial charge in [-0.05, 0) is 24.7 Å². The fourth-order valence-corrected chi connectivity index (χ4v) is 2.08. The molecule has 0 aromatic carbocycles. The summed E-state index contributed by atoms with van der Waals surface area (Å²) in [6.07, 6.45) is 2.92. The summed E-state index contributed by atoms with van der Waals surface area (Å²) < 4.78 is 0. The van der Waals surface area contributed by atoms with Crippen LogP contribution < -0.4 is 11.1 Å². The molecule has 0 radical (unpaired) electrons. The molecule has 0 aromatic heterocycles. The van der Waals surface area contributed by atoms with Crippen molar-refractivity contribution in [1.29, 1.82) is 0 Å². The van der Waals surface area contributed by atoms with Crippen molar-refractivity contribution >= 4 is 29.0 Å². The summed E-state index contributed by atoms with van der Waals surface area (Å²) in [5.41, 5.74) is 5.51. The third kappa shape index (κ3) is 4.60. The molecule has 18 heavy (non-hydrogen) atoms. The van der Waals surface area contributed by atoms with Gasteiger partial charge >= 0.3 is 11.8 Å². The molecule has 0 saturated carbocycles. The van der Waals surface area contributed by atoms with Crippen LogP contribution in [0.2, 0.25) is 0 Å². The fourth-order valence-electron chi connectivity index (χ4n) is 2.01. The number of thiocarbonyl (C=S) groups is 1. The Kier molecular flexibility index (Phi) is 5.07. The third-order valence-electron chi connectivity index (χ3n) is 3.24. The van der Waals surface area contributed by atoms with Crippen molar-refractivity contribution in [3.05, 3.63) is 0 Å². The van der Waals surface area contributed by atoms with Gasteiger partial charge in [-0.1, -0.05) is 26.1 Å². The molecule has 1 rings (SSSR count). The predicted octanol–water partition coefficient (Wildman–Crippen LogP) is 0.427. The standard InChI is InChI=1S/C12H21N3O2S/c1-12(2)4-3-6-15(7-5-12)11(17)10(16)14-8-9(13)18/h3-8H2,1-2H3,(H2,13,18)(H,14,16). The first-order valence-corrected chi connectivity index (χ1v) is 6.58. The van der Waals surface area contributed by atoms with Gasteiger partial charge < -0.3 is 16.0 Å². The zero-order chi connectivity index (χ0) is 13.8. The summed E-state index contributed by atoms with van der Waals surface area (Å²) in [5, 5.41) is 2.42. The molecule has 0 atom stereocenters. The Labute approximate surface area is 113 Å². The molecule has 1 fully saturated rings. The summed E-state index contributed by atoms with van der Waals surface area (Å²) in [5.74, 6) is -1.11. The molecule has 0 unspecified atom stereocenters. The smallest absolute Gasteiger partial charge is 0.311 e. The first kappa shape index (κ1) is 14.9. The molecule has 0 aliphatic carbocycles. The number of nitrogens with one attached hydrogen (secondary N) is 1. The SMILES string of the molecule is CC1(C)CCCN(C(=O)C(=O)NCC(N)=S)CC1. The monoisotopic (exact) mass is 271 g/mol. The first-order chi connectivity index (χ1) is 8.32. The van der Waals surface area contributed by atoms with Gasteiger partial charge in [0.05, 0.1) is 11.5 Å². The Bertz CT molecular complexity index is 355. The third-order valence-corrected chi connectivity index (χ3v) is 3.39. The second-order valence-corrected chi connectivity index (χ2v) is 5.98. The van der Waals surface area contributed by atoms with E-state index < -0.39 is 11.8 Å². The summed E-state index contributed by atoms with van der Waals surface area (Å²) in [6, 6.07) is 0. The molecule has 102 valence electrons. The van der Waals surface area contributed by atoms with Gasteiger partial charge in [0.1, 0.15) is 0 Å². The summed E-state index contributed by atoms with van der Waals surface area (Å²) >= 11 is 4.65. The van der Waals surface area contributed by atoms with E-state index in [9.17, 15) is 9.59 Å². The van der Waals surface area contributed by atoms with Crippen LogP contribution in [-0.4, -0.2) is 41.3 Å². The van der Waals surface area contributed by atoms with E-state index in [-0.39, 0.29) is 16.9 Å². The Morgan fingerprint density at radius 1 is 1.33 bits per heavy atom. The largest absolute Gasteiger partial charge is 0.392 e. The molecular weight excluding hydrogens is 250 g/mol. The van der Waals surface area contributed by atoms with E-state index in [1.54, 1.807) is 4.90 Å². The van der Waals surface area contributed by atoms with E-state index in [2.05, 4.69) is 31.4 Å². The van der Waals surface area contributed by atoms with Crippen molar-refractivity contribution in [2.45, 2.75) is 33.1 Å². The van der Waals surface area contributed by atoms with Gasteiger partial charge in [-0.2, -0.15) is 0 Å². The molecule has 6 heteroatoms. The number of likely N-dealkylation sites (tertiary alicyclic amines) is 1. The van der Waals surface area contributed by atoms with Crippen molar-refractivity contribution in [3.8, 4) is 0 Å². The van der Waals surface area contributed by atoms with Gasteiger partial charge in [0.25, 0.3) is 0 Å². The van der Waals surface area contributed by atoms with Crippen LogP contribution >= 0.6 is 12.2 Å². The van der Waals surface area contributed by atoms with Crippen LogP contribution in [0.1, 0.15) is 33.1 Å². The van der Waals surface area contributed by atoms with Gasteiger partial charge in [0, 0.05) is 13.1 Å². The Hall–Kier alpha value is -1.17. The van der Waals surface area contributed by atoms with Gasteiger partial charge in [-0.25, -0.2) is 0 Å². The van der Waals surface area contributed by atoms with E-state index in [0.717, 1.165) is 19.3 Å². The van der Waals surface area contributed by atoms with Crippen molar-refractivity contribution in [2.75, 3.05) is 19.6 Å². The molecule has 5 nitrogen and oxygen atoms in total. The molecule has 1 heterocycles. The average Bonchev–Trinajstić information content (AvgIpc) is 2.46. The van der Waals surface area contributed by atoms with Crippen molar-refractivity contribution in [2.24, 2.45) is 11.1 Å². The van der Waals surface area contributed by atoms with Crippen LogP contribution in [0.25, 0.3) is 0 Å². The lowest BCUT2D eigenvalue weighted by Gasteiger charge is -2.23. The minimum absolute atomic E-state index is 0.0687. The molecule has 2 amide bonds. The van der Waals surface area contributed by atoms with Gasteiger partial charge in [0.2, 0.25) is 0 Å². The van der Waals surface area contributed by atoms with E-state index in [1.807, 2.05) is 0 Å². The fraction of sp³-hybridized carbons (Fsp3) is 0.750. The highest BCUT2D eigenvalue weighted by molar-refractivity contribution is 7.80. The summed E-state index contributed by atoms with van der Waals surface area (Å²) in [7, 11) is 0. The molecule has 1 aliphatic rings. The van der Waals surface area contributed by atoms with Crippen LogP contribution in [0.4, 0.5) is 0 Å². The maximum Gasteiger partial charge on any atom is 0.311 e. The number of hydrogen-bond donors (Lipinski definition) is 2. The van der Waals surface area contributed by atoms with E-state index in [0.29, 0.717) is 13.1 Å². The lowest BCUT2D eigenvalue weighted by molar-refractivity contribution is -0.145. The lowest BCUT2D eigenvalue weighted by Crippen LogP contribution is -2.45. The van der Waals surface area contributed by atoms with Crippen LogP contribution in [0.15, 0.2) is 0 Å². The lowest BCUT2D eigenvalue weighted by atomic mass is 9.85. The minimum atomic E-state index is -0.623. The van der Waals surface area contributed by atoms with Crippen molar-refractivity contribution < 1.29 is 9.59 Å². The van der Waals surface area contributed by atoms with Crippen LogP contribution in [0.3, 0.4) is 0 Å². The van der Waals surface area contributed by atoms with E-state index in [1.165, 1.54) is 0 Å². The van der Waals surface area contributed by atoms with Crippen LogP contribution in [0, 0.1) is 5.41 Å². The van der Waals surface area contributed by atoms with Crippen molar-refractivity contribution in [1.82, 2.24) is 10.2 Å².